The van der Waals surface area contributed by atoms with E-state index in [1.807, 2.05) is 30.1 Å². The number of hydrogen-bond donors (Lipinski definition) is 1. The van der Waals surface area contributed by atoms with Crippen LogP contribution in [0.5, 0.6) is 11.5 Å². The van der Waals surface area contributed by atoms with E-state index < -0.39 is 0 Å². The summed E-state index contributed by atoms with van der Waals surface area (Å²) in [5.74, 6) is 4.81. The van der Waals surface area contributed by atoms with Gasteiger partial charge in [-0.25, -0.2) is 0 Å². The summed E-state index contributed by atoms with van der Waals surface area (Å²) in [5.41, 5.74) is 1.04. The second kappa shape index (κ2) is 10.2. The highest BCUT2D eigenvalue weighted by Crippen LogP contribution is 2.25. The Balaban J connectivity index is 0.00000400. The lowest BCUT2D eigenvalue weighted by Crippen LogP contribution is -2.38. The van der Waals surface area contributed by atoms with Crippen molar-refractivity contribution in [2.75, 3.05) is 34.9 Å². The number of terminal acetylenes is 1. The van der Waals surface area contributed by atoms with Gasteiger partial charge < -0.3 is 19.7 Å². The molecule has 0 amide bonds. The third-order valence-corrected chi connectivity index (χ3v) is 2.82. The Morgan fingerprint density at radius 2 is 2.10 bits per heavy atom. The Labute approximate surface area is 143 Å². The van der Waals surface area contributed by atoms with Gasteiger partial charge in [0, 0.05) is 32.3 Å². The number of guanidine groups is 1. The van der Waals surface area contributed by atoms with Crippen molar-refractivity contribution < 1.29 is 9.47 Å². The van der Waals surface area contributed by atoms with E-state index >= 15 is 0 Å². The Hall–Kier alpha value is -1.62. The van der Waals surface area contributed by atoms with Gasteiger partial charge in [-0.15, -0.1) is 30.4 Å². The Morgan fingerprint density at radius 3 is 2.62 bits per heavy atom. The van der Waals surface area contributed by atoms with Crippen LogP contribution in [0.1, 0.15) is 5.56 Å². The van der Waals surface area contributed by atoms with Crippen molar-refractivity contribution in [2.24, 2.45) is 4.99 Å². The van der Waals surface area contributed by atoms with Crippen LogP contribution in [-0.2, 0) is 6.54 Å². The molecule has 116 valence electrons. The fraction of sp³-hybridized carbons (Fsp3) is 0.400. The van der Waals surface area contributed by atoms with E-state index in [-0.39, 0.29) is 24.0 Å². The van der Waals surface area contributed by atoms with Gasteiger partial charge in [0.05, 0.1) is 20.8 Å². The van der Waals surface area contributed by atoms with Crippen molar-refractivity contribution in [2.45, 2.75) is 6.54 Å². The highest BCUT2D eigenvalue weighted by molar-refractivity contribution is 14.0. The van der Waals surface area contributed by atoms with Crippen LogP contribution >= 0.6 is 24.0 Å². The summed E-state index contributed by atoms with van der Waals surface area (Å²) in [7, 11) is 6.94. The molecule has 21 heavy (non-hydrogen) atoms. The molecular weight excluding hydrogens is 381 g/mol. The zero-order valence-corrected chi connectivity index (χ0v) is 15.2. The van der Waals surface area contributed by atoms with Crippen molar-refractivity contribution in [1.82, 2.24) is 10.2 Å². The quantitative estimate of drug-likeness (QED) is 0.354. The fourth-order valence-corrected chi connectivity index (χ4v) is 1.83. The number of nitrogens with one attached hydrogen (secondary N) is 1. The molecule has 0 spiro atoms. The minimum atomic E-state index is 0. The summed E-state index contributed by atoms with van der Waals surface area (Å²) in [6.07, 6.45) is 5.24. The molecule has 0 bridgehead atoms. The van der Waals surface area contributed by atoms with Gasteiger partial charge in [0.25, 0.3) is 0 Å². The monoisotopic (exact) mass is 403 g/mol. The smallest absolute Gasteiger partial charge is 0.194 e. The highest BCUT2D eigenvalue weighted by atomic mass is 127. The summed E-state index contributed by atoms with van der Waals surface area (Å²) >= 11 is 0. The predicted octanol–water partition coefficient (Wildman–Crippen LogP) is 1.96. The second-order valence-corrected chi connectivity index (χ2v) is 4.14. The third-order valence-electron chi connectivity index (χ3n) is 2.82. The van der Waals surface area contributed by atoms with E-state index in [1.165, 1.54) is 0 Å². The molecule has 0 radical (unpaired) electrons. The Kier molecular flexibility index (Phi) is 9.37. The molecule has 6 heteroatoms. The molecule has 0 aliphatic rings. The molecule has 0 saturated heterocycles. The first-order valence-corrected chi connectivity index (χ1v) is 6.22. The molecule has 0 aliphatic carbocycles. The average Bonchev–Trinajstić information content (AvgIpc) is 2.48. The maximum Gasteiger partial charge on any atom is 0.194 e. The van der Waals surface area contributed by atoms with Crippen LogP contribution in [0.25, 0.3) is 0 Å². The number of halogens is 1. The fourth-order valence-electron chi connectivity index (χ4n) is 1.83. The zero-order chi connectivity index (χ0) is 15.0. The van der Waals surface area contributed by atoms with E-state index in [0.29, 0.717) is 13.1 Å². The first-order valence-electron chi connectivity index (χ1n) is 6.22. The van der Waals surface area contributed by atoms with E-state index in [0.717, 1.165) is 23.0 Å². The zero-order valence-electron chi connectivity index (χ0n) is 12.8. The van der Waals surface area contributed by atoms with Crippen LogP contribution in [0.15, 0.2) is 23.2 Å². The van der Waals surface area contributed by atoms with Gasteiger partial charge in [-0.2, -0.15) is 0 Å². The predicted molar refractivity (Wildman–Crippen MR) is 96.6 cm³/mol. The van der Waals surface area contributed by atoms with Crippen LogP contribution < -0.4 is 14.8 Å². The maximum absolute atomic E-state index is 5.38. The normalized spacial score (nSPS) is 10.1. The van der Waals surface area contributed by atoms with E-state index in [9.17, 15) is 0 Å². The molecule has 1 rings (SSSR count). The van der Waals surface area contributed by atoms with Crippen molar-refractivity contribution in [3.63, 3.8) is 0 Å². The number of nitrogens with zero attached hydrogens (tertiary/aromatic N) is 2. The van der Waals surface area contributed by atoms with Crippen LogP contribution in [0, 0.1) is 12.3 Å². The number of aliphatic imine (C=N–C) groups is 1. The number of ether oxygens (including phenoxy) is 2. The number of methoxy groups -OCH3 is 2. The highest BCUT2D eigenvalue weighted by Gasteiger charge is 2.10. The Bertz CT molecular complexity index is 512. The van der Waals surface area contributed by atoms with Gasteiger partial charge in [0.15, 0.2) is 5.96 Å². The van der Waals surface area contributed by atoms with Crippen molar-refractivity contribution in [3.8, 4) is 23.8 Å². The van der Waals surface area contributed by atoms with Crippen molar-refractivity contribution >= 4 is 29.9 Å². The lowest BCUT2D eigenvalue weighted by molar-refractivity contribution is 0.383. The molecule has 0 heterocycles. The maximum atomic E-state index is 5.38. The summed E-state index contributed by atoms with van der Waals surface area (Å²) in [6, 6.07) is 5.74. The topological polar surface area (TPSA) is 46.1 Å². The first-order chi connectivity index (χ1) is 9.65. The van der Waals surface area contributed by atoms with E-state index in [2.05, 4.69) is 16.2 Å². The molecule has 0 unspecified atom stereocenters. The van der Waals surface area contributed by atoms with Gasteiger partial charge in [0.1, 0.15) is 11.5 Å². The summed E-state index contributed by atoms with van der Waals surface area (Å²) < 4.78 is 10.6. The van der Waals surface area contributed by atoms with Crippen molar-refractivity contribution in [3.05, 3.63) is 23.8 Å². The van der Waals surface area contributed by atoms with Gasteiger partial charge in [-0.1, -0.05) is 5.92 Å². The van der Waals surface area contributed by atoms with Crippen LogP contribution in [0.3, 0.4) is 0 Å². The summed E-state index contributed by atoms with van der Waals surface area (Å²) in [4.78, 5) is 6.16. The second-order valence-electron chi connectivity index (χ2n) is 4.14. The number of rotatable bonds is 5. The molecule has 0 atom stereocenters. The summed E-state index contributed by atoms with van der Waals surface area (Å²) in [6.45, 7) is 1.09. The minimum absolute atomic E-state index is 0. The standard InChI is InChI=1S/C15H21N3O2.HI/c1-6-9-17-15(16-2)18(3)11-12-7-8-13(19-4)10-14(12)20-5;/h1,7-8,10H,9,11H2,2-5H3,(H,16,17);1H. The number of hydrogen-bond acceptors (Lipinski definition) is 3. The van der Waals surface area contributed by atoms with E-state index in [1.54, 1.807) is 21.3 Å². The van der Waals surface area contributed by atoms with Crippen molar-refractivity contribution in [1.29, 1.82) is 0 Å². The molecule has 5 nitrogen and oxygen atoms in total. The van der Waals surface area contributed by atoms with Gasteiger partial charge in [-0.05, 0) is 12.1 Å². The van der Waals surface area contributed by atoms with E-state index in [4.69, 9.17) is 15.9 Å². The molecule has 1 N–H and O–H groups in total. The first kappa shape index (κ1) is 19.4. The molecule has 0 fully saturated rings. The number of benzene rings is 1. The van der Waals surface area contributed by atoms with Gasteiger partial charge in [-0.3, -0.25) is 4.99 Å². The van der Waals surface area contributed by atoms with Gasteiger partial charge in [0.2, 0.25) is 0 Å². The SMILES string of the molecule is C#CCNC(=NC)N(C)Cc1ccc(OC)cc1OC.I. The minimum Gasteiger partial charge on any atom is -0.497 e. The third kappa shape index (κ3) is 5.71. The molecule has 0 saturated carbocycles. The lowest BCUT2D eigenvalue weighted by atomic mass is 10.2. The van der Waals surface area contributed by atoms with Crippen LogP contribution in [-0.4, -0.2) is 45.7 Å². The molecule has 0 aliphatic heterocycles. The molecule has 1 aromatic carbocycles. The Morgan fingerprint density at radius 1 is 1.38 bits per heavy atom. The molecule has 0 aromatic heterocycles. The van der Waals surface area contributed by atoms with Gasteiger partial charge >= 0.3 is 0 Å². The van der Waals surface area contributed by atoms with Crippen LogP contribution in [0.4, 0.5) is 0 Å². The largest absolute Gasteiger partial charge is 0.497 e. The molecule has 1 aromatic rings. The molecular formula is C15H22IN3O2. The summed E-state index contributed by atoms with van der Waals surface area (Å²) in [5, 5.41) is 3.07. The van der Waals surface area contributed by atoms with Crippen LogP contribution in [0.2, 0.25) is 0 Å². The lowest BCUT2D eigenvalue weighted by Gasteiger charge is -2.22. The average molecular weight is 403 g/mol.